The number of methoxy groups -OCH3 is 1. The van der Waals surface area contributed by atoms with Crippen LogP contribution < -0.4 is 5.73 Å². The molecule has 0 bridgehead atoms. The predicted molar refractivity (Wildman–Crippen MR) is 81.8 cm³/mol. The molecule has 0 saturated heterocycles. The van der Waals surface area contributed by atoms with Crippen molar-refractivity contribution in [3.8, 4) is 11.1 Å². The molecule has 1 aromatic heterocycles. The Morgan fingerprint density at radius 3 is 2.48 bits per heavy atom. The van der Waals surface area contributed by atoms with Crippen LogP contribution in [-0.4, -0.2) is 22.8 Å². The van der Waals surface area contributed by atoms with Crippen LogP contribution in [0.25, 0.3) is 11.1 Å². The Balaban J connectivity index is 2.38. The minimum atomic E-state index is -0.392. The largest absolute Gasteiger partial charge is 0.377 e. The third kappa shape index (κ3) is 3.13. The monoisotopic (exact) mass is 287 g/mol. The quantitative estimate of drug-likeness (QED) is 0.917. The van der Waals surface area contributed by atoms with Gasteiger partial charge in [0.25, 0.3) is 0 Å². The number of benzene rings is 1. The number of rotatable bonds is 5. The number of carbonyl (C=O) groups excluding carboxylic acids is 1. The lowest BCUT2D eigenvalue weighted by Gasteiger charge is -2.10. The molecule has 2 aromatic rings. The SMILES string of the molecule is CO[C@H](C)c1ccc(-c2c(C)nn(CC(N)=O)c2C)cc1. The number of hydrogen-bond donors (Lipinski definition) is 1. The maximum atomic E-state index is 11.1. The summed E-state index contributed by atoms with van der Waals surface area (Å²) in [6.07, 6.45) is 0.0684. The van der Waals surface area contributed by atoms with Crippen molar-refractivity contribution in [2.24, 2.45) is 5.73 Å². The van der Waals surface area contributed by atoms with Crippen LogP contribution in [0.3, 0.4) is 0 Å². The van der Waals surface area contributed by atoms with Gasteiger partial charge in [-0.1, -0.05) is 24.3 Å². The van der Waals surface area contributed by atoms with Crippen molar-refractivity contribution in [2.45, 2.75) is 33.4 Å². The first-order chi connectivity index (χ1) is 9.93. The molecule has 0 aliphatic rings. The molecule has 0 radical (unpaired) electrons. The molecule has 0 unspecified atom stereocenters. The van der Waals surface area contributed by atoms with Crippen LogP contribution >= 0.6 is 0 Å². The highest BCUT2D eigenvalue weighted by atomic mass is 16.5. The van der Waals surface area contributed by atoms with E-state index in [1.54, 1.807) is 11.8 Å². The van der Waals surface area contributed by atoms with E-state index in [2.05, 4.69) is 17.2 Å². The third-order valence-electron chi connectivity index (χ3n) is 3.71. The lowest BCUT2D eigenvalue weighted by Crippen LogP contribution is -2.20. The van der Waals surface area contributed by atoms with E-state index in [1.165, 1.54) is 0 Å². The number of nitrogens with zero attached hydrogens (tertiary/aromatic N) is 2. The summed E-state index contributed by atoms with van der Waals surface area (Å²) in [5, 5.41) is 4.39. The van der Waals surface area contributed by atoms with Crippen molar-refractivity contribution in [1.29, 1.82) is 0 Å². The standard InChI is InChI=1S/C16H21N3O2/c1-10-16(11(2)19(18-10)9-15(17)20)14-7-5-13(6-8-14)12(3)21-4/h5-8,12H,9H2,1-4H3,(H2,17,20)/t12-/m1/s1. The molecule has 0 saturated carbocycles. The first-order valence-electron chi connectivity index (χ1n) is 6.89. The van der Waals surface area contributed by atoms with Crippen LogP contribution in [0.15, 0.2) is 24.3 Å². The average molecular weight is 287 g/mol. The van der Waals surface area contributed by atoms with E-state index in [-0.39, 0.29) is 12.6 Å². The van der Waals surface area contributed by atoms with Crippen LogP contribution in [0, 0.1) is 13.8 Å². The smallest absolute Gasteiger partial charge is 0.239 e. The van der Waals surface area contributed by atoms with Crippen LogP contribution in [0.5, 0.6) is 0 Å². The van der Waals surface area contributed by atoms with E-state index >= 15 is 0 Å². The van der Waals surface area contributed by atoms with Crippen LogP contribution in [0.2, 0.25) is 0 Å². The second-order valence-electron chi connectivity index (χ2n) is 5.17. The van der Waals surface area contributed by atoms with Crippen molar-refractivity contribution in [3.63, 3.8) is 0 Å². The maximum absolute atomic E-state index is 11.1. The van der Waals surface area contributed by atoms with E-state index < -0.39 is 5.91 Å². The lowest BCUT2D eigenvalue weighted by atomic mass is 10.0. The summed E-state index contributed by atoms with van der Waals surface area (Å²) in [5.41, 5.74) is 10.3. The fourth-order valence-corrected chi connectivity index (χ4v) is 2.47. The van der Waals surface area contributed by atoms with Gasteiger partial charge in [0, 0.05) is 18.4 Å². The highest BCUT2D eigenvalue weighted by molar-refractivity contribution is 5.74. The van der Waals surface area contributed by atoms with Crippen LogP contribution in [-0.2, 0) is 16.1 Å². The summed E-state index contributed by atoms with van der Waals surface area (Å²) in [6.45, 7) is 6.00. The molecular formula is C16H21N3O2. The van der Waals surface area contributed by atoms with Crippen molar-refractivity contribution in [3.05, 3.63) is 41.2 Å². The number of primary amides is 1. The van der Waals surface area contributed by atoms with E-state index in [4.69, 9.17) is 10.5 Å². The van der Waals surface area contributed by atoms with E-state index in [9.17, 15) is 4.79 Å². The van der Waals surface area contributed by atoms with Crippen LogP contribution in [0.1, 0.15) is 30.0 Å². The summed E-state index contributed by atoms with van der Waals surface area (Å²) in [4.78, 5) is 11.1. The molecule has 5 nitrogen and oxygen atoms in total. The number of ether oxygens (including phenoxy) is 1. The van der Waals surface area contributed by atoms with Gasteiger partial charge in [0.2, 0.25) is 5.91 Å². The molecule has 1 heterocycles. The van der Waals surface area contributed by atoms with Crippen molar-refractivity contribution >= 4 is 5.91 Å². The van der Waals surface area contributed by atoms with Gasteiger partial charge in [-0.25, -0.2) is 0 Å². The first-order valence-corrected chi connectivity index (χ1v) is 6.89. The number of hydrogen-bond acceptors (Lipinski definition) is 3. The number of aromatic nitrogens is 2. The van der Waals surface area contributed by atoms with Crippen molar-refractivity contribution in [1.82, 2.24) is 9.78 Å². The molecule has 112 valence electrons. The molecule has 1 aromatic carbocycles. The third-order valence-corrected chi connectivity index (χ3v) is 3.71. The zero-order valence-corrected chi connectivity index (χ0v) is 12.9. The number of nitrogens with two attached hydrogens (primary N) is 1. The highest BCUT2D eigenvalue weighted by Crippen LogP contribution is 2.28. The van der Waals surface area contributed by atoms with Gasteiger partial charge in [-0.2, -0.15) is 5.10 Å². The highest BCUT2D eigenvalue weighted by Gasteiger charge is 2.15. The van der Waals surface area contributed by atoms with Gasteiger partial charge in [0.1, 0.15) is 6.54 Å². The van der Waals surface area contributed by atoms with Gasteiger partial charge in [0.05, 0.1) is 11.8 Å². The van der Waals surface area contributed by atoms with Gasteiger partial charge >= 0.3 is 0 Å². The zero-order chi connectivity index (χ0) is 15.6. The minimum absolute atomic E-state index is 0.0684. The number of amides is 1. The molecule has 5 heteroatoms. The van der Waals surface area contributed by atoms with Gasteiger partial charge < -0.3 is 10.5 Å². The Bertz CT molecular complexity index is 644. The normalized spacial score (nSPS) is 12.4. The topological polar surface area (TPSA) is 70.1 Å². The minimum Gasteiger partial charge on any atom is -0.377 e. The molecule has 0 spiro atoms. The molecule has 21 heavy (non-hydrogen) atoms. The van der Waals surface area contributed by atoms with Gasteiger partial charge in [-0.05, 0) is 31.9 Å². The molecule has 1 amide bonds. The molecule has 2 N–H and O–H groups in total. The summed E-state index contributed by atoms with van der Waals surface area (Å²) < 4.78 is 6.96. The molecule has 0 aliphatic carbocycles. The average Bonchev–Trinajstić information content (AvgIpc) is 2.72. The Kier molecular flexibility index (Phi) is 4.43. The molecule has 1 atom stereocenters. The summed E-state index contributed by atoms with van der Waals surface area (Å²) in [6, 6.07) is 8.20. The Morgan fingerprint density at radius 2 is 1.95 bits per heavy atom. The van der Waals surface area contributed by atoms with E-state index in [1.807, 2.05) is 32.9 Å². The summed E-state index contributed by atoms with van der Waals surface area (Å²) >= 11 is 0. The van der Waals surface area contributed by atoms with E-state index in [0.29, 0.717) is 0 Å². The Hall–Kier alpha value is -2.14. The Morgan fingerprint density at radius 1 is 1.33 bits per heavy atom. The van der Waals surface area contributed by atoms with Gasteiger partial charge in [0.15, 0.2) is 0 Å². The van der Waals surface area contributed by atoms with Crippen LogP contribution in [0.4, 0.5) is 0 Å². The van der Waals surface area contributed by atoms with E-state index in [0.717, 1.165) is 28.1 Å². The van der Waals surface area contributed by atoms with Gasteiger partial charge in [-0.3, -0.25) is 9.48 Å². The van der Waals surface area contributed by atoms with Crippen molar-refractivity contribution in [2.75, 3.05) is 7.11 Å². The second kappa shape index (κ2) is 6.10. The summed E-state index contributed by atoms with van der Waals surface area (Å²) in [5.74, 6) is -0.392. The fourth-order valence-electron chi connectivity index (χ4n) is 2.47. The molecule has 2 rings (SSSR count). The lowest BCUT2D eigenvalue weighted by molar-refractivity contribution is -0.118. The first kappa shape index (κ1) is 15.3. The van der Waals surface area contributed by atoms with Gasteiger partial charge in [-0.15, -0.1) is 0 Å². The fraction of sp³-hybridized carbons (Fsp3) is 0.375. The molecular weight excluding hydrogens is 266 g/mol. The molecule has 0 fully saturated rings. The molecule has 0 aliphatic heterocycles. The summed E-state index contributed by atoms with van der Waals surface area (Å²) in [7, 11) is 1.70. The number of aryl methyl sites for hydroxylation is 1. The predicted octanol–water partition coefficient (Wildman–Crippen LogP) is 2.36. The zero-order valence-electron chi connectivity index (χ0n) is 12.9. The van der Waals surface area contributed by atoms with Crippen molar-refractivity contribution < 1.29 is 9.53 Å². The second-order valence-corrected chi connectivity index (χ2v) is 5.17. The number of carbonyl (C=O) groups is 1. The maximum Gasteiger partial charge on any atom is 0.239 e. The Labute approximate surface area is 124 Å².